The standard InChI is InChI=1S/C15H21N5/c1-2-20-7-3-4-12(9-20)19-15-13-6-5-11(16)8-14(13)17-10-18-15/h5-6,8,10,12H,2-4,7,9,16H2,1H3,(H,17,18,19). The van der Waals surface area contributed by atoms with Gasteiger partial charge in [-0.25, -0.2) is 9.97 Å². The van der Waals surface area contributed by atoms with Crippen LogP contribution in [-0.2, 0) is 0 Å². The SMILES string of the molecule is CCN1CCCC(Nc2ncnc3cc(N)ccc23)C1. The first-order valence-corrected chi connectivity index (χ1v) is 7.25. The molecule has 1 fully saturated rings. The molecule has 5 nitrogen and oxygen atoms in total. The summed E-state index contributed by atoms with van der Waals surface area (Å²) in [5.74, 6) is 0.915. The first kappa shape index (κ1) is 13.1. The van der Waals surface area contributed by atoms with E-state index in [9.17, 15) is 0 Å². The molecule has 1 aliphatic heterocycles. The molecule has 1 aromatic heterocycles. The Labute approximate surface area is 119 Å². The summed E-state index contributed by atoms with van der Waals surface area (Å²) in [7, 11) is 0. The molecule has 1 atom stereocenters. The van der Waals surface area contributed by atoms with Crippen LogP contribution in [0.2, 0.25) is 0 Å². The zero-order valence-corrected chi connectivity index (χ0v) is 11.8. The normalized spacial score (nSPS) is 20.1. The van der Waals surface area contributed by atoms with Crippen molar-refractivity contribution in [2.45, 2.75) is 25.8 Å². The number of nitrogen functional groups attached to an aromatic ring is 1. The highest BCUT2D eigenvalue weighted by Crippen LogP contribution is 2.23. The lowest BCUT2D eigenvalue weighted by Gasteiger charge is -2.32. The molecule has 0 spiro atoms. The van der Waals surface area contributed by atoms with E-state index in [1.807, 2.05) is 18.2 Å². The Morgan fingerprint density at radius 3 is 3.15 bits per heavy atom. The van der Waals surface area contributed by atoms with Gasteiger partial charge >= 0.3 is 0 Å². The number of benzene rings is 1. The van der Waals surface area contributed by atoms with Crippen molar-refractivity contribution in [2.24, 2.45) is 0 Å². The number of hydrogen-bond acceptors (Lipinski definition) is 5. The van der Waals surface area contributed by atoms with Crippen molar-refractivity contribution in [3.63, 3.8) is 0 Å². The van der Waals surface area contributed by atoms with Gasteiger partial charge in [-0.05, 0) is 44.1 Å². The van der Waals surface area contributed by atoms with Gasteiger partial charge in [0, 0.05) is 23.7 Å². The van der Waals surface area contributed by atoms with Crippen LogP contribution in [0.15, 0.2) is 24.5 Å². The predicted octanol–water partition coefficient (Wildman–Crippen LogP) is 2.11. The average molecular weight is 271 g/mol. The van der Waals surface area contributed by atoms with Crippen LogP contribution < -0.4 is 11.1 Å². The Bertz CT molecular complexity index is 598. The van der Waals surface area contributed by atoms with Crippen molar-refractivity contribution in [2.75, 3.05) is 30.7 Å². The van der Waals surface area contributed by atoms with E-state index in [0.717, 1.165) is 35.5 Å². The van der Waals surface area contributed by atoms with Gasteiger partial charge in [-0.15, -0.1) is 0 Å². The van der Waals surface area contributed by atoms with E-state index in [2.05, 4.69) is 27.1 Å². The fraction of sp³-hybridized carbons (Fsp3) is 0.467. The maximum absolute atomic E-state index is 5.81. The predicted molar refractivity (Wildman–Crippen MR) is 82.7 cm³/mol. The summed E-state index contributed by atoms with van der Waals surface area (Å²) >= 11 is 0. The fourth-order valence-corrected chi connectivity index (χ4v) is 2.84. The van der Waals surface area contributed by atoms with Crippen LogP contribution in [0, 0.1) is 0 Å². The molecule has 1 aliphatic rings. The van der Waals surface area contributed by atoms with Gasteiger partial charge in [-0.2, -0.15) is 0 Å². The Balaban J connectivity index is 1.83. The summed E-state index contributed by atoms with van der Waals surface area (Å²) < 4.78 is 0. The van der Waals surface area contributed by atoms with Gasteiger partial charge in [0.2, 0.25) is 0 Å². The minimum atomic E-state index is 0.458. The van der Waals surface area contributed by atoms with Gasteiger partial charge in [0.15, 0.2) is 0 Å². The van der Waals surface area contributed by atoms with Crippen LogP contribution in [0.1, 0.15) is 19.8 Å². The highest BCUT2D eigenvalue weighted by molar-refractivity contribution is 5.90. The molecule has 0 bridgehead atoms. The topological polar surface area (TPSA) is 67.1 Å². The van der Waals surface area contributed by atoms with Crippen LogP contribution in [0.3, 0.4) is 0 Å². The molecular weight excluding hydrogens is 250 g/mol. The Kier molecular flexibility index (Phi) is 3.69. The van der Waals surface area contributed by atoms with Crippen LogP contribution in [0.25, 0.3) is 10.9 Å². The fourth-order valence-electron chi connectivity index (χ4n) is 2.84. The largest absolute Gasteiger partial charge is 0.399 e. The van der Waals surface area contributed by atoms with Gasteiger partial charge in [-0.1, -0.05) is 6.92 Å². The van der Waals surface area contributed by atoms with Gasteiger partial charge in [0.1, 0.15) is 12.1 Å². The van der Waals surface area contributed by atoms with Crippen LogP contribution in [-0.4, -0.2) is 40.5 Å². The molecular formula is C15H21N5. The Morgan fingerprint density at radius 2 is 2.30 bits per heavy atom. The van der Waals surface area contributed by atoms with E-state index in [4.69, 9.17) is 5.73 Å². The summed E-state index contributed by atoms with van der Waals surface area (Å²) in [6.07, 6.45) is 4.03. The molecule has 0 aliphatic carbocycles. The van der Waals surface area contributed by atoms with Crippen molar-refractivity contribution in [1.29, 1.82) is 0 Å². The number of nitrogens with two attached hydrogens (primary N) is 1. The van der Waals surface area contributed by atoms with E-state index in [1.165, 1.54) is 19.4 Å². The third-order valence-electron chi connectivity index (χ3n) is 3.95. The minimum Gasteiger partial charge on any atom is -0.399 e. The second-order valence-corrected chi connectivity index (χ2v) is 5.38. The minimum absolute atomic E-state index is 0.458. The summed E-state index contributed by atoms with van der Waals surface area (Å²) in [6.45, 7) is 5.61. The summed E-state index contributed by atoms with van der Waals surface area (Å²) in [5.41, 5.74) is 7.43. The van der Waals surface area contributed by atoms with E-state index >= 15 is 0 Å². The van der Waals surface area contributed by atoms with Crippen molar-refractivity contribution < 1.29 is 0 Å². The summed E-state index contributed by atoms with van der Waals surface area (Å²) in [5, 5.41) is 4.61. The van der Waals surface area contributed by atoms with E-state index in [1.54, 1.807) is 6.33 Å². The van der Waals surface area contributed by atoms with E-state index in [0.29, 0.717) is 6.04 Å². The highest BCUT2D eigenvalue weighted by atomic mass is 15.2. The summed E-state index contributed by atoms with van der Waals surface area (Å²) in [6, 6.07) is 6.24. The number of piperidine rings is 1. The van der Waals surface area contributed by atoms with Crippen LogP contribution >= 0.6 is 0 Å². The maximum Gasteiger partial charge on any atom is 0.137 e. The number of aromatic nitrogens is 2. The van der Waals surface area contributed by atoms with Crippen molar-refractivity contribution in [1.82, 2.24) is 14.9 Å². The van der Waals surface area contributed by atoms with Gasteiger partial charge in [0.05, 0.1) is 5.52 Å². The maximum atomic E-state index is 5.81. The van der Waals surface area contributed by atoms with E-state index in [-0.39, 0.29) is 0 Å². The molecule has 3 rings (SSSR count). The number of nitrogens with zero attached hydrogens (tertiary/aromatic N) is 3. The molecule has 1 unspecified atom stereocenters. The van der Waals surface area contributed by atoms with Gasteiger partial charge in [0.25, 0.3) is 0 Å². The number of hydrogen-bond donors (Lipinski definition) is 2. The van der Waals surface area contributed by atoms with Crippen molar-refractivity contribution >= 4 is 22.4 Å². The Hall–Kier alpha value is -1.88. The second kappa shape index (κ2) is 5.63. The quantitative estimate of drug-likeness (QED) is 0.837. The third-order valence-corrected chi connectivity index (χ3v) is 3.95. The smallest absolute Gasteiger partial charge is 0.137 e. The molecule has 1 aromatic carbocycles. The number of nitrogens with one attached hydrogen (secondary N) is 1. The monoisotopic (exact) mass is 271 g/mol. The van der Waals surface area contributed by atoms with Crippen LogP contribution in [0.5, 0.6) is 0 Å². The van der Waals surface area contributed by atoms with E-state index < -0.39 is 0 Å². The third kappa shape index (κ3) is 2.67. The number of fused-ring (bicyclic) bond motifs is 1. The van der Waals surface area contributed by atoms with Crippen LogP contribution in [0.4, 0.5) is 11.5 Å². The number of anilines is 2. The number of likely N-dealkylation sites (tertiary alicyclic amines) is 1. The van der Waals surface area contributed by atoms with Gasteiger partial charge < -0.3 is 16.0 Å². The summed E-state index contributed by atoms with van der Waals surface area (Å²) in [4.78, 5) is 11.2. The molecule has 5 heteroatoms. The molecule has 0 amide bonds. The highest BCUT2D eigenvalue weighted by Gasteiger charge is 2.19. The lowest BCUT2D eigenvalue weighted by atomic mass is 10.1. The number of rotatable bonds is 3. The molecule has 2 heterocycles. The van der Waals surface area contributed by atoms with Crippen molar-refractivity contribution in [3.8, 4) is 0 Å². The molecule has 3 N–H and O–H groups in total. The Morgan fingerprint density at radius 1 is 1.40 bits per heavy atom. The van der Waals surface area contributed by atoms with Crippen molar-refractivity contribution in [3.05, 3.63) is 24.5 Å². The van der Waals surface area contributed by atoms with Gasteiger partial charge in [-0.3, -0.25) is 0 Å². The molecule has 1 saturated heterocycles. The number of likely N-dealkylation sites (N-methyl/N-ethyl adjacent to an activating group) is 1. The second-order valence-electron chi connectivity index (χ2n) is 5.38. The first-order valence-electron chi connectivity index (χ1n) is 7.25. The molecule has 0 saturated carbocycles. The lowest BCUT2D eigenvalue weighted by molar-refractivity contribution is 0.226. The lowest BCUT2D eigenvalue weighted by Crippen LogP contribution is -2.42. The zero-order valence-electron chi connectivity index (χ0n) is 11.8. The average Bonchev–Trinajstić information content (AvgIpc) is 2.47. The first-order chi connectivity index (χ1) is 9.76. The molecule has 106 valence electrons. The zero-order chi connectivity index (χ0) is 13.9. The molecule has 20 heavy (non-hydrogen) atoms. The molecule has 0 radical (unpaired) electrons. The molecule has 2 aromatic rings.